The number of nitrogens with two attached hydrogens (primary N) is 1. The first-order chi connectivity index (χ1) is 19.8. The maximum absolute atomic E-state index is 15.7. The van der Waals surface area contributed by atoms with Crippen LogP contribution in [0.2, 0.25) is 0 Å². The van der Waals surface area contributed by atoms with Crippen LogP contribution in [0.15, 0.2) is 34.5 Å². The van der Waals surface area contributed by atoms with Gasteiger partial charge in [0.1, 0.15) is 36.3 Å². The van der Waals surface area contributed by atoms with Crippen molar-refractivity contribution in [3.63, 3.8) is 0 Å². The Hall–Kier alpha value is -2.97. The van der Waals surface area contributed by atoms with Gasteiger partial charge in [-0.2, -0.15) is 0 Å². The molecule has 0 spiro atoms. The molecule has 19 nitrogen and oxygen atoms in total. The van der Waals surface area contributed by atoms with E-state index in [-0.39, 0.29) is 17.0 Å². The molecule has 0 bridgehead atoms. The van der Waals surface area contributed by atoms with Crippen LogP contribution in [0.4, 0.5) is 14.6 Å². The molecule has 0 saturated carbocycles. The van der Waals surface area contributed by atoms with Gasteiger partial charge in [0, 0.05) is 12.3 Å². The summed E-state index contributed by atoms with van der Waals surface area (Å²) in [5.74, 6) is -0.0354. The molecule has 0 amide bonds. The fourth-order valence-corrected chi connectivity index (χ4v) is 6.61. The predicted molar refractivity (Wildman–Crippen MR) is 126 cm³/mol. The molecular formula is C19H19F2N7O12P2-2. The van der Waals surface area contributed by atoms with Crippen molar-refractivity contribution < 1.29 is 55.3 Å². The van der Waals surface area contributed by atoms with E-state index in [2.05, 4.69) is 15.0 Å². The van der Waals surface area contributed by atoms with Gasteiger partial charge in [-0.05, 0) is 0 Å². The minimum Gasteiger partial charge on any atom is -0.756 e. The highest BCUT2D eigenvalue weighted by molar-refractivity contribution is 7.46. The molecule has 3 aliphatic heterocycles. The molecule has 6 rings (SSSR count). The number of imidazole rings is 1. The van der Waals surface area contributed by atoms with Gasteiger partial charge in [-0.15, -0.1) is 0 Å². The van der Waals surface area contributed by atoms with E-state index in [4.69, 9.17) is 33.3 Å². The monoisotopic (exact) mass is 637 g/mol. The van der Waals surface area contributed by atoms with E-state index in [1.165, 1.54) is 0 Å². The number of halogens is 2. The topological polar surface area (TPSA) is 260 Å². The number of alkyl halides is 2. The van der Waals surface area contributed by atoms with Gasteiger partial charge < -0.3 is 43.1 Å². The summed E-state index contributed by atoms with van der Waals surface area (Å²) in [6.07, 6.45) is -12.7. The zero-order chi connectivity index (χ0) is 30.0. The standard InChI is InChI=1S/C19H21F2N7O12P2/c20-10-13-7(37-17(10)27-2-1-9(29)26-19(27)30)3-35-42(33,34)40-14-8(4-36-41(31,32)39-13)38-18(11(14)21)28-6-25-12-15(22)23-5-24-16(12)28/h1-2,5-8,10-11,13-14,17-18H,3-4H2,(H,31,32)(H,33,34)(H2,22,23,24)(H,26,29,30)/p-2/t7-,8-,10-,11-,13-,14-,17-,18-/m1/s1. The first kappa shape index (κ1) is 29.1. The Bertz CT molecular complexity index is 1720. The molecule has 42 heavy (non-hydrogen) atoms. The Balaban J connectivity index is 1.28. The number of anilines is 1. The van der Waals surface area contributed by atoms with Crippen molar-refractivity contribution in [1.29, 1.82) is 0 Å². The summed E-state index contributed by atoms with van der Waals surface area (Å²) in [4.78, 5) is 62.5. The van der Waals surface area contributed by atoms with Crippen LogP contribution in [-0.4, -0.2) is 79.0 Å². The molecule has 0 aromatic carbocycles. The zero-order valence-corrected chi connectivity index (χ0v) is 22.5. The van der Waals surface area contributed by atoms with Crippen LogP contribution in [0, 0.1) is 0 Å². The van der Waals surface area contributed by atoms with Crippen molar-refractivity contribution in [3.8, 4) is 0 Å². The normalized spacial score (nSPS) is 39.3. The number of phosphoric ester groups is 2. The third kappa shape index (κ3) is 5.32. The fraction of sp³-hybridized carbons (Fsp3) is 0.526. The SMILES string of the molecule is Nc1ncnc2c1ncn2[C@@H]1O[C@@H]2COP(=O)([O-])O[C@H]3[C@@H](F)[C@H](n4ccc(=O)[nH]c4=O)O[C@@H]3COP(=O)([O-])O[C@H]2[C@H]1F. The lowest BCUT2D eigenvalue weighted by Crippen LogP contribution is -2.39. The predicted octanol–water partition coefficient (Wildman–Crippen LogP) is -1.82. The van der Waals surface area contributed by atoms with Crippen LogP contribution in [0.25, 0.3) is 11.2 Å². The Morgan fingerprint density at radius 3 is 2.07 bits per heavy atom. The zero-order valence-electron chi connectivity index (χ0n) is 20.7. The number of rotatable bonds is 2. The van der Waals surface area contributed by atoms with Gasteiger partial charge in [0.05, 0.1) is 19.5 Å². The summed E-state index contributed by atoms with van der Waals surface area (Å²) in [7, 11) is -10.9. The lowest BCUT2D eigenvalue weighted by molar-refractivity contribution is -0.244. The van der Waals surface area contributed by atoms with Gasteiger partial charge >= 0.3 is 5.69 Å². The quantitative estimate of drug-likeness (QED) is 0.293. The number of phosphoric acid groups is 2. The largest absolute Gasteiger partial charge is 0.756 e. The maximum Gasteiger partial charge on any atom is 0.330 e. The number of aromatic nitrogens is 6. The number of aromatic amines is 1. The molecule has 0 radical (unpaired) electrons. The van der Waals surface area contributed by atoms with Gasteiger partial charge in [-0.3, -0.25) is 28.0 Å². The van der Waals surface area contributed by atoms with Gasteiger partial charge in [-0.25, -0.2) is 28.5 Å². The summed E-state index contributed by atoms with van der Waals surface area (Å²) in [6.45, 7) is -2.12. The molecule has 3 aromatic heterocycles. The number of ether oxygens (including phenoxy) is 2. The molecular weight excluding hydrogens is 618 g/mol. The number of H-pyrrole nitrogens is 1. The number of nitrogen functional groups attached to an aromatic ring is 1. The van der Waals surface area contributed by atoms with E-state index in [9.17, 15) is 28.5 Å². The second kappa shape index (κ2) is 10.6. The lowest BCUT2D eigenvalue weighted by atomic mass is 10.1. The van der Waals surface area contributed by atoms with Gasteiger partial charge in [-0.1, -0.05) is 0 Å². The van der Waals surface area contributed by atoms with Crippen LogP contribution < -0.4 is 26.8 Å². The van der Waals surface area contributed by atoms with Crippen molar-refractivity contribution in [2.75, 3.05) is 18.9 Å². The molecule has 10 atom stereocenters. The second-order valence-corrected chi connectivity index (χ2v) is 12.0. The third-order valence-electron chi connectivity index (χ3n) is 6.62. The molecule has 2 unspecified atom stereocenters. The molecule has 6 heterocycles. The van der Waals surface area contributed by atoms with Crippen LogP contribution in [-0.2, 0) is 36.7 Å². The highest BCUT2D eigenvalue weighted by Gasteiger charge is 2.52. The van der Waals surface area contributed by atoms with Crippen molar-refractivity contribution >= 4 is 32.6 Å². The van der Waals surface area contributed by atoms with Crippen LogP contribution >= 0.6 is 15.6 Å². The first-order valence-electron chi connectivity index (χ1n) is 11.9. The van der Waals surface area contributed by atoms with E-state index in [1.807, 2.05) is 4.98 Å². The van der Waals surface area contributed by atoms with Gasteiger partial charge in [0.2, 0.25) is 0 Å². The van der Waals surface area contributed by atoms with E-state index in [0.29, 0.717) is 4.57 Å². The maximum atomic E-state index is 15.7. The number of hydrogen-bond acceptors (Lipinski definition) is 16. The highest BCUT2D eigenvalue weighted by Crippen LogP contribution is 2.51. The number of nitrogens with one attached hydrogen (secondary N) is 1. The molecule has 228 valence electrons. The van der Waals surface area contributed by atoms with Crippen molar-refractivity contribution in [2.45, 2.75) is 49.2 Å². The Labute approximate surface area is 231 Å². The van der Waals surface area contributed by atoms with E-state index in [0.717, 1.165) is 29.5 Å². The van der Waals surface area contributed by atoms with Crippen molar-refractivity contribution in [3.05, 3.63) is 45.8 Å². The number of nitrogens with zero attached hydrogens (tertiary/aromatic N) is 5. The molecule has 3 saturated heterocycles. The van der Waals surface area contributed by atoms with Crippen molar-refractivity contribution in [1.82, 2.24) is 29.1 Å². The number of hydrogen-bond donors (Lipinski definition) is 2. The van der Waals surface area contributed by atoms with Crippen molar-refractivity contribution in [2.24, 2.45) is 0 Å². The van der Waals surface area contributed by atoms with E-state index < -0.39 is 89.3 Å². The third-order valence-corrected chi connectivity index (χ3v) is 8.55. The molecule has 3 fully saturated rings. The average molecular weight is 637 g/mol. The van der Waals surface area contributed by atoms with Gasteiger partial charge in [0.15, 0.2) is 36.3 Å². The minimum absolute atomic E-state index is 0.0166. The molecule has 0 aliphatic carbocycles. The van der Waals surface area contributed by atoms with Crippen LogP contribution in [0.1, 0.15) is 12.5 Å². The Morgan fingerprint density at radius 1 is 0.929 bits per heavy atom. The highest BCUT2D eigenvalue weighted by atomic mass is 31.2. The summed E-state index contributed by atoms with van der Waals surface area (Å²) in [5, 5.41) is 0. The summed E-state index contributed by atoms with van der Waals surface area (Å²) in [5.41, 5.74) is 3.93. The summed E-state index contributed by atoms with van der Waals surface area (Å²) >= 11 is 0. The second-order valence-electron chi connectivity index (χ2n) is 9.25. The van der Waals surface area contributed by atoms with Crippen LogP contribution in [0.3, 0.4) is 0 Å². The van der Waals surface area contributed by atoms with E-state index >= 15 is 8.78 Å². The Kier molecular flexibility index (Phi) is 7.37. The van der Waals surface area contributed by atoms with Crippen LogP contribution in [0.5, 0.6) is 0 Å². The fourth-order valence-electron chi connectivity index (χ4n) is 4.73. The smallest absolute Gasteiger partial charge is 0.330 e. The molecule has 3 aromatic rings. The Morgan fingerprint density at radius 2 is 1.50 bits per heavy atom. The molecule has 3 N–H and O–H groups in total. The minimum atomic E-state index is -5.44. The first-order valence-corrected chi connectivity index (χ1v) is 14.9. The number of fused-ring (bicyclic) bond motifs is 3. The van der Waals surface area contributed by atoms with Gasteiger partial charge in [0.25, 0.3) is 21.2 Å². The van der Waals surface area contributed by atoms with E-state index in [1.54, 1.807) is 0 Å². The molecule has 23 heteroatoms. The summed E-state index contributed by atoms with van der Waals surface area (Å²) in [6, 6.07) is 0.870. The lowest BCUT2D eigenvalue weighted by Gasteiger charge is -2.34. The summed E-state index contributed by atoms with van der Waals surface area (Å²) < 4.78 is 88.5. The average Bonchev–Trinajstić information content (AvgIpc) is 3.57. The molecule has 3 aliphatic rings.